The molecular formula is C21H21ClF2N4O4. The zero-order valence-corrected chi connectivity index (χ0v) is 17.9. The smallest absolute Gasteiger partial charge is 0.387 e. The van der Waals surface area contributed by atoms with Crippen molar-refractivity contribution in [3.05, 3.63) is 62.5 Å². The van der Waals surface area contributed by atoms with E-state index in [9.17, 15) is 18.4 Å². The van der Waals surface area contributed by atoms with Crippen LogP contribution in [-0.2, 0) is 11.3 Å². The van der Waals surface area contributed by atoms with E-state index < -0.39 is 18.1 Å². The zero-order valence-electron chi connectivity index (χ0n) is 17.2. The van der Waals surface area contributed by atoms with Crippen molar-refractivity contribution in [3.63, 3.8) is 0 Å². The number of carbonyl (C=O) groups is 1. The van der Waals surface area contributed by atoms with Gasteiger partial charge in [-0.25, -0.2) is 4.98 Å². The van der Waals surface area contributed by atoms with E-state index in [1.165, 1.54) is 12.1 Å². The molecule has 1 fully saturated rings. The van der Waals surface area contributed by atoms with Gasteiger partial charge in [-0.3, -0.25) is 14.0 Å². The van der Waals surface area contributed by atoms with Gasteiger partial charge in [-0.2, -0.15) is 8.78 Å². The van der Waals surface area contributed by atoms with Gasteiger partial charge in [0, 0.05) is 35.9 Å². The zero-order chi connectivity index (χ0) is 22.8. The molecule has 11 heteroatoms. The summed E-state index contributed by atoms with van der Waals surface area (Å²) < 4.78 is 37.0. The van der Waals surface area contributed by atoms with E-state index in [0.29, 0.717) is 29.4 Å². The Bertz CT molecular complexity index is 1200. The van der Waals surface area contributed by atoms with E-state index in [2.05, 4.69) is 20.0 Å². The molecule has 3 aromatic heterocycles. The lowest BCUT2D eigenvalue weighted by molar-refractivity contribution is -0.0506. The van der Waals surface area contributed by atoms with Gasteiger partial charge in [-0.05, 0) is 31.9 Å². The van der Waals surface area contributed by atoms with E-state index in [4.69, 9.17) is 16.3 Å². The first-order valence-corrected chi connectivity index (χ1v) is 10.4. The predicted octanol–water partition coefficient (Wildman–Crippen LogP) is 3.41. The van der Waals surface area contributed by atoms with E-state index >= 15 is 0 Å². The van der Waals surface area contributed by atoms with Crippen molar-refractivity contribution in [1.82, 2.24) is 19.7 Å². The van der Waals surface area contributed by atoms with Crippen molar-refractivity contribution in [2.24, 2.45) is 0 Å². The molecule has 4 rings (SSSR count). The van der Waals surface area contributed by atoms with E-state index in [1.54, 1.807) is 23.7 Å². The Labute approximate surface area is 186 Å². The number of amides is 1. The van der Waals surface area contributed by atoms with Gasteiger partial charge >= 0.3 is 6.61 Å². The molecule has 32 heavy (non-hydrogen) atoms. The second kappa shape index (κ2) is 9.25. The Morgan fingerprint density at radius 2 is 2.12 bits per heavy atom. The summed E-state index contributed by atoms with van der Waals surface area (Å²) >= 11 is 6.27. The van der Waals surface area contributed by atoms with E-state index in [-0.39, 0.29) is 29.5 Å². The molecule has 0 aromatic carbocycles. The number of fused-ring (bicyclic) bond motifs is 1. The number of nitrogens with zero attached hydrogens (tertiary/aromatic N) is 2. The number of aromatic amines is 1. The van der Waals surface area contributed by atoms with Crippen LogP contribution in [0.15, 0.2) is 29.3 Å². The molecule has 0 spiro atoms. The van der Waals surface area contributed by atoms with Crippen LogP contribution < -0.4 is 15.6 Å². The predicted molar refractivity (Wildman–Crippen MR) is 113 cm³/mol. The first-order chi connectivity index (χ1) is 15.3. The number of hydrogen-bond acceptors (Lipinski definition) is 5. The fraction of sp³-hybridized carbons (Fsp3) is 0.381. The number of alkyl halides is 2. The van der Waals surface area contributed by atoms with Gasteiger partial charge in [0.2, 0.25) is 0 Å². The lowest BCUT2D eigenvalue weighted by Crippen LogP contribution is -2.29. The second-order valence-corrected chi connectivity index (χ2v) is 7.95. The molecule has 1 aliphatic heterocycles. The number of aromatic nitrogens is 3. The molecule has 0 radical (unpaired) electrons. The van der Waals surface area contributed by atoms with Crippen molar-refractivity contribution in [3.8, 4) is 5.75 Å². The fourth-order valence-corrected chi connectivity index (χ4v) is 4.06. The van der Waals surface area contributed by atoms with Crippen LogP contribution >= 0.6 is 11.6 Å². The minimum absolute atomic E-state index is 0.115. The third-order valence-corrected chi connectivity index (χ3v) is 5.57. The Morgan fingerprint density at radius 1 is 1.38 bits per heavy atom. The molecule has 1 amide bonds. The number of halogens is 3. The monoisotopic (exact) mass is 466 g/mol. The summed E-state index contributed by atoms with van der Waals surface area (Å²) in [6.07, 6.45) is 3.20. The third kappa shape index (κ3) is 4.61. The number of nitrogens with one attached hydrogen (secondary N) is 2. The highest BCUT2D eigenvalue weighted by Gasteiger charge is 2.23. The van der Waals surface area contributed by atoms with Gasteiger partial charge in [0.25, 0.3) is 11.5 Å². The Kier molecular flexibility index (Phi) is 6.43. The van der Waals surface area contributed by atoms with Gasteiger partial charge in [0.1, 0.15) is 17.8 Å². The van der Waals surface area contributed by atoms with Crippen molar-refractivity contribution < 1.29 is 23.0 Å². The highest BCUT2D eigenvalue weighted by molar-refractivity contribution is 6.31. The molecule has 1 aliphatic rings. The summed E-state index contributed by atoms with van der Waals surface area (Å²) in [6, 6.07) is 4.51. The molecule has 0 unspecified atom stereocenters. The molecule has 4 heterocycles. The normalized spacial score (nSPS) is 14.8. The van der Waals surface area contributed by atoms with Crippen molar-refractivity contribution >= 4 is 23.0 Å². The summed E-state index contributed by atoms with van der Waals surface area (Å²) in [6.45, 7) is -0.587. The summed E-state index contributed by atoms with van der Waals surface area (Å²) in [7, 11) is 0. The number of aryl methyl sites for hydroxylation is 1. The first kappa shape index (κ1) is 22.2. The largest absolute Gasteiger partial charge is 0.434 e. The highest BCUT2D eigenvalue weighted by atomic mass is 35.5. The SMILES string of the molecule is Cc1cc(OC(F)F)c(CNC(=O)c2cc(Cl)cc3c(C4CCOCC4)ncn23)c(=O)[nH]1. The van der Waals surface area contributed by atoms with E-state index in [1.807, 2.05) is 0 Å². The average molecular weight is 467 g/mol. The first-order valence-electron chi connectivity index (χ1n) is 10.0. The van der Waals surface area contributed by atoms with Crippen LogP contribution in [0.4, 0.5) is 8.78 Å². The van der Waals surface area contributed by atoms with Crippen LogP contribution in [0, 0.1) is 6.92 Å². The standard InChI is InChI=1S/C21H21ClF2N4O4/c1-11-6-17(32-21(23)24)14(19(29)27-11)9-25-20(30)16-8-13(22)7-15-18(26-10-28(15)16)12-2-4-31-5-3-12/h6-8,10,12,21H,2-5,9H2,1H3,(H,25,30)(H,27,29). The number of imidazole rings is 1. The Morgan fingerprint density at radius 3 is 2.84 bits per heavy atom. The molecule has 0 atom stereocenters. The maximum absolute atomic E-state index is 12.9. The second-order valence-electron chi connectivity index (χ2n) is 7.52. The van der Waals surface area contributed by atoms with E-state index in [0.717, 1.165) is 18.5 Å². The van der Waals surface area contributed by atoms with Crippen LogP contribution in [0.2, 0.25) is 5.02 Å². The number of rotatable bonds is 6. The number of H-pyrrole nitrogens is 1. The molecule has 0 aliphatic carbocycles. The van der Waals surface area contributed by atoms with Crippen LogP contribution in [0.5, 0.6) is 5.75 Å². The maximum Gasteiger partial charge on any atom is 0.387 e. The highest BCUT2D eigenvalue weighted by Crippen LogP contribution is 2.31. The van der Waals surface area contributed by atoms with Gasteiger partial charge in [-0.15, -0.1) is 0 Å². The van der Waals surface area contributed by atoms with Gasteiger partial charge < -0.3 is 19.8 Å². The number of pyridine rings is 2. The van der Waals surface area contributed by atoms with Crippen LogP contribution in [0.3, 0.4) is 0 Å². The van der Waals surface area contributed by atoms with Gasteiger partial charge in [-0.1, -0.05) is 11.6 Å². The molecule has 8 nitrogen and oxygen atoms in total. The molecule has 3 aromatic rings. The molecule has 170 valence electrons. The number of carbonyl (C=O) groups excluding carboxylic acids is 1. The Hall–Kier alpha value is -2.98. The maximum atomic E-state index is 12.9. The molecule has 0 bridgehead atoms. The quantitative estimate of drug-likeness (QED) is 0.580. The molecule has 2 N–H and O–H groups in total. The molecular weight excluding hydrogens is 446 g/mol. The van der Waals surface area contributed by atoms with Crippen LogP contribution in [-0.4, -0.2) is 40.1 Å². The van der Waals surface area contributed by atoms with Crippen LogP contribution in [0.1, 0.15) is 46.2 Å². The lowest BCUT2D eigenvalue weighted by atomic mass is 9.96. The minimum atomic E-state index is -3.10. The number of hydrogen-bond donors (Lipinski definition) is 2. The van der Waals surface area contributed by atoms with Crippen molar-refractivity contribution in [1.29, 1.82) is 0 Å². The Balaban J connectivity index is 1.61. The van der Waals surface area contributed by atoms with Gasteiger partial charge in [0.05, 0.1) is 23.3 Å². The summed E-state index contributed by atoms with van der Waals surface area (Å²) in [5.41, 5.74) is 1.38. The van der Waals surface area contributed by atoms with Crippen molar-refractivity contribution in [2.75, 3.05) is 13.2 Å². The fourth-order valence-electron chi connectivity index (χ4n) is 3.85. The molecule has 1 saturated heterocycles. The third-order valence-electron chi connectivity index (χ3n) is 5.36. The number of ether oxygens (including phenoxy) is 2. The minimum Gasteiger partial charge on any atom is -0.434 e. The average Bonchev–Trinajstić information content (AvgIpc) is 3.16. The molecule has 0 saturated carbocycles. The topological polar surface area (TPSA) is 97.7 Å². The summed E-state index contributed by atoms with van der Waals surface area (Å²) in [5.74, 6) is -0.637. The van der Waals surface area contributed by atoms with Gasteiger partial charge in [0.15, 0.2) is 0 Å². The summed E-state index contributed by atoms with van der Waals surface area (Å²) in [4.78, 5) is 32.2. The van der Waals surface area contributed by atoms with Crippen molar-refractivity contribution in [2.45, 2.75) is 38.8 Å². The van der Waals surface area contributed by atoms with Crippen LogP contribution in [0.25, 0.3) is 5.52 Å². The summed E-state index contributed by atoms with van der Waals surface area (Å²) in [5, 5.41) is 2.94. The lowest BCUT2D eigenvalue weighted by Gasteiger charge is -2.20.